The number of benzene rings is 2. The predicted molar refractivity (Wildman–Crippen MR) is 123 cm³/mol. The molecule has 0 heterocycles. The lowest BCUT2D eigenvalue weighted by Gasteiger charge is -2.20. The Morgan fingerprint density at radius 1 is 1.03 bits per heavy atom. The maximum atomic E-state index is 12.4. The van der Waals surface area contributed by atoms with E-state index in [1.54, 1.807) is 6.92 Å². The minimum atomic E-state index is -0.979. The van der Waals surface area contributed by atoms with Gasteiger partial charge in [-0.05, 0) is 28.7 Å². The van der Waals surface area contributed by atoms with Gasteiger partial charge in [-0.25, -0.2) is 4.79 Å². The van der Waals surface area contributed by atoms with Gasteiger partial charge in [0.2, 0.25) is 5.91 Å². The summed E-state index contributed by atoms with van der Waals surface area (Å²) in [6, 6.07) is 15.7. The van der Waals surface area contributed by atoms with E-state index in [0.29, 0.717) is 6.42 Å². The molecule has 0 spiro atoms. The minimum Gasteiger partial charge on any atom is -0.481 e. The zero-order chi connectivity index (χ0) is 23.8. The summed E-state index contributed by atoms with van der Waals surface area (Å²) in [5.74, 6) is -1.41. The lowest BCUT2D eigenvalue weighted by molar-refractivity contribution is -0.138. The first-order valence-electron chi connectivity index (χ1n) is 11.1. The number of aliphatic carboxylic acids is 1. The van der Waals surface area contributed by atoms with Crippen molar-refractivity contribution in [2.24, 2.45) is 0 Å². The van der Waals surface area contributed by atoms with Crippen LogP contribution in [0.1, 0.15) is 43.2 Å². The van der Waals surface area contributed by atoms with Crippen LogP contribution in [0.25, 0.3) is 11.1 Å². The number of amides is 2. The highest BCUT2D eigenvalue weighted by atomic mass is 16.5. The molecular weight excluding hydrogens is 424 g/mol. The molecule has 8 nitrogen and oxygen atoms in total. The maximum Gasteiger partial charge on any atom is 0.407 e. The molecule has 3 rings (SSSR count). The SMILES string of the molecule is CC[C@H](CC(=O)O)NC(=O)C(CCNC(=O)OCC1c2ccccc2-c2ccccc21)OC. The third-order valence-corrected chi connectivity index (χ3v) is 5.86. The first kappa shape index (κ1) is 24.3. The second-order valence-electron chi connectivity index (χ2n) is 7.98. The zero-order valence-electron chi connectivity index (χ0n) is 18.9. The lowest BCUT2D eigenvalue weighted by atomic mass is 9.98. The number of alkyl carbamates (subject to hydrolysis) is 1. The van der Waals surface area contributed by atoms with E-state index in [-0.39, 0.29) is 31.9 Å². The van der Waals surface area contributed by atoms with Gasteiger partial charge in [0, 0.05) is 32.0 Å². The van der Waals surface area contributed by atoms with Crippen molar-refractivity contribution >= 4 is 18.0 Å². The summed E-state index contributed by atoms with van der Waals surface area (Å²) >= 11 is 0. The molecule has 8 heteroatoms. The molecule has 0 bridgehead atoms. The van der Waals surface area contributed by atoms with Crippen LogP contribution >= 0.6 is 0 Å². The van der Waals surface area contributed by atoms with E-state index >= 15 is 0 Å². The molecule has 176 valence electrons. The van der Waals surface area contributed by atoms with Gasteiger partial charge in [0.15, 0.2) is 0 Å². The first-order chi connectivity index (χ1) is 15.9. The monoisotopic (exact) mass is 454 g/mol. The van der Waals surface area contributed by atoms with Crippen LogP contribution < -0.4 is 10.6 Å². The molecule has 1 aliphatic rings. The fraction of sp³-hybridized carbons (Fsp3) is 0.400. The molecule has 3 N–H and O–H groups in total. The smallest absolute Gasteiger partial charge is 0.407 e. The Labute approximate surface area is 193 Å². The molecule has 33 heavy (non-hydrogen) atoms. The topological polar surface area (TPSA) is 114 Å². The zero-order valence-corrected chi connectivity index (χ0v) is 18.9. The summed E-state index contributed by atoms with van der Waals surface area (Å²) in [6.45, 7) is 2.19. The fourth-order valence-corrected chi connectivity index (χ4v) is 4.11. The number of carbonyl (C=O) groups excluding carboxylic acids is 2. The number of carboxylic acids is 1. The molecule has 0 aliphatic heterocycles. The van der Waals surface area contributed by atoms with Gasteiger partial charge in [0.25, 0.3) is 0 Å². The average Bonchev–Trinajstić information content (AvgIpc) is 3.13. The van der Waals surface area contributed by atoms with Gasteiger partial charge in [-0.1, -0.05) is 55.5 Å². The highest BCUT2D eigenvalue weighted by Crippen LogP contribution is 2.44. The van der Waals surface area contributed by atoms with Crippen molar-refractivity contribution in [2.45, 2.75) is 44.2 Å². The molecule has 0 fully saturated rings. The van der Waals surface area contributed by atoms with Crippen molar-refractivity contribution in [1.82, 2.24) is 10.6 Å². The molecule has 2 aromatic rings. The molecule has 0 radical (unpaired) electrons. The van der Waals surface area contributed by atoms with Gasteiger partial charge in [0.1, 0.15) is 12.7 Å². The average molecular weight is 455 g/mol. The number of rotatable bonds is 11. The Kier molecular flexibility index (Phi) is 8.43. The van der Waals surface area contributed by atoms with Crippen molar-refractivity contribution in [3.8, 4) is 11.1 Å². The van der Waals surface area contributed by atoms with E-state index in [4.69, 9.17) is 14.6 Å². The third kappa shape index (κ3) is 6.10. The Morgan fingerprint density at radius 3 is 2.18 bits per heavy atom. The Morgan fingerprint density at radius 2 is 1.64 bits per heavy atom. The summed E-state index contributed by atoms with van der Waals surface area (Å²) in [5, 5.41) is 14.3. The number of ether oxygens (including phenoxy) is 2. The number of hydrogen-bond donors (Lipinski definition) is 3. The Hall–Kier alpha value is -3.39. The first-order valence-corrected chi connectivity index (χ1v) is 11.1. The molecule has 1 aliphatic carbocycles. The van der Waals surface area contributed by atoms with Gasteiger partial charge < -0.3 is 25.2 Å². The van der Waals surface area contributed by atoms with Crippen molar-refractivity contribution in [2.75, 3.05) is 20.3 Å². The van der Waals surface area contributed by atoms with Crippen LogP contribution in [0.4, 0.5) is 4.79 Å². The van der Waals surface area contributed by atoms with Crippen molar-refractivity contribution in [3.05, 3.63) is 59.7 Å². The van der Waals surface area contributed by atoms with Gasteiger partial charge >= 0.3 is 12.1 Å². The van der Waals surface area contributed by atoms with E-state index in [2.05, 4.69) is 34.9 Å². The number of nitrogens with one attached hydrogen (secondary N) is 2. The van der Waals surface area contributed by atoms with Gasteiger partial charge in [0.05, 0.1) is 6.42 Å². The molecular formula is C25H30N2O6. The van der Waals surface area contributed by atoms with Crippen LogP contribution in [-0.2, 0) is 19.1 Å². The molecule has 0 aromatic heterocycles. The predicted octanol–water partition coefficient (Wildman–Crippen LogP) is 3.30. The number of carbonyl (C=O) groups is 3. The van der Waals surface area contributed by atoms with Crippen molar-refractivity contribution < 1.29 is 29.0 Å². The van der Waals surface area contributed by atoms with Crippen LogP contribution in [0.2, 0.25) is 0 Å². The van der Waals surface area contributed by atoms with Crippen LogP contribution in [-0.4, -0.2) is 55.5 Å². The summed E-state index contributed by atoms with van der Waals surface area (Å²) in [5.41, 5.74) is 4.58. The van der Waals surface area contributed by atoms with Crippen LogP contribution in [0.3, 0.4) is 0 Å². The molecule has 0 saturated carbocycles. The quantitative estimate of drug-likeness (QED) is 0.480. The van der Waals surface area contributed by atoms with Gasteiger partial charge in [-0.15, -0.1) is 0 Å². The second kappa shape index (κ2) is 11.5. The van der Waals surface area contributed by atoms with E-state index < -0.39 is 30.1 Å². The molecule has 1 unspecified atom stereocenters. The van der Waals surface area contributed by atoms with Crippen LogP contribution in [0.5, 0.6) is 0 Å². The Balaban J connectivity index is 1.48. The lowest BCUT2D eigenvalue weighted by Crippen LogP contribution is -2.44. The van der Waals surface area contributed by atoms with Crippen LogP contribution in [0.15, 0.2) is 48.5 Å². The highest BCUT2D eigenvalue weighted by Gasteiger charge is 2.29. The van der Waals surface area contributed by atoms with Crippen molar-refractivity contribution in [1.29, 1.82) is 0 Å². The molecule has 2 atom stereocenters. The number of methoxy groups -OCH3 is 1. The Bertz CT molecular complexity index is 947. The van der Waals surface area contributed by atoms with E-state index in [0.717, 1.165) is 22.3 Å². The van der Waals surface area contributed by atoms with Gasteiger partial charge in [-0.3, -0.25) is 9.59 Å². The molecule has 0 saturated heterocycles. The summed E-state index contributed by atoms with van der Waals surface area (Å²) in [4.78, 5) is 35.5. The number of fused-ring (bicyclic) bond motifs is 3. The van der Waals surface area contributed by atoms with Crippen molar-refractivity contribution in [3.63, 3.8) is 0 Å². The standard InChI is InChI=1S/C25H30N2O6/c1-3-16(14-23(28)29)27-24(30)22(32-2)12-13-26-25(31)33-15-21-19-10-6-4-8-17(19)18-9-5-7-11-20(18)21/h4-11,16,21-22H,3,12-15H2,1-2H3,(H,26,31)(H,27,30)(H,28,29)/t16-,22?/m1/s1. The largest absolute Gasteiger partial charge is 0.481 e. The third-order valence-electron chi connectivity index (χ3n) is 5.86. The maximum absolute atomic E-state index is 12.4. The van der Waals surface area contributed by atoms with Gasteiger partial charge in [-0.2, -0.15) is 0 Å². The van der Waals surface area contributed by atoms with E-state index in [1.165, 1.54) is 7.11 Å². The molecule has 2 amide bonds. The van der Waals surface area contributed by atoms with Crippen LogP contribution in [0, 0.1) is 0 Å². The second-order valence-corrected chi connectivity index (χ2v) is 7.98. The normalized spacial score (nSPS) is 14.0. The summed E-state index contributed by atoms with van der Waals surface area (Å²) < 4.78 is 10.7. The summed E-state index contributed by atoms with van der Waals surface area (Å²) in [7, 11) is 1.40. The fourth-order valence-electron chi connectivity index (χ4n) is 4.11. The summed E-state index contributed by atoms with van der Waals surface area (Å²) in [6.07, 6.45) is -0.801. The number of carboxylic acid groups (broad SMARTS) is 1. The molecule has 2 aromatic carbocycles. The van der Waals surface area contributed by atoms with E-state index in [9.17, 15) is 14.4 Å². The highest BCUT2D eigenvalue weighted by molar-refractivity contribution is 5.82. The van der Waals surface area contributed by atoms with E-state index in [1.807, 2.05) is 24.3 Å². The number of hydrogen-bond acceptors (Lipinski definition) is 5. The minimum absolute atomic E-state index is 0.0270.